The van der Waals surface area contributed by atoms with Gasteiger partial charge < -0.3 is 19.3 Å². The Balaban J connectivity index is 1.61. The van der Waals surface area contributed by atoms with Gasteiger partial charge in [0.15, 0.2) is 5.82 Å². The Morgan fingerprint density at radius 1 is 1.14 bits per heavy atom. The number of aromatic nitrogens is 2. The van der Waals surface area contributed by atoms with Gasteiger partial charge in [-0.25, -0.2) is 9.97 Å². The lowest BCUT2D eigenvalue weighted by molar-refractivity contribution is -0.139. The summed E-state index contributed by atoms with van der Waals surface area (Å²) in [6.07, 6.45) is 7.52. The van der Waals surface area contributed by atoms with E-state index < -0.39 is 0 Å². The molecule has 7 heteroatoms. The molecule has 7 nitrogen and oxygen atoms in total. The molecule has 0 bridgehead atoms. The SMILES string of the molecule is COCC(=O)N1CCCC[C@@H]1c1nc(C)c2c(n1)N(CC1CCOCC1)CCC2. The summed E-state index contributed by atoms with van der Waals surface area (Å²) in [6, 6.07) is -0.0396. The number of fused-ring (bicyclic) bond motifs is 1. The second-order valence-electron chi connectivity index (χ2n) is 8.61. The smallest absolute Gasteiger partial charge is 0.249 e. The Kier molecular flexibility index (Phi) is 6.65. The predicted molar refractivity (Wildman–Crippen MR) is 111 cm³/mol. The molecule has 1 aromatic rings. The highest BCUT2D eigenvalue weighted by molar-refractivity contribution is 5.78. The van der Waals surface area contributed by atoms with Crippen LogP contribution < -0.4 is 4.90 Å². The van der Waals surface area contributed by atoms with E-state index in [-0.39, 0.29) is 18.6 Å². The number of anilines is 1. The number of carbonyl (C=O) groups excluding carboxylic acids is 1. The number of amides is 1. The topological polar surface area (TPSA) is 67.8 Å². The third kappa shape index (κ3) is 4.56. The predicted octanol–water partition coefficient (Wildman–Crippen LogP) is 2.66. The Morgan fingerprint density at radius 2 is 1.97 bits per heavy atom. The summed E-state index contributed by atoms with van der Waals surface area (Å²) in [5.74, 6) is 2.62. The number of methoxy groups -OCH3 is 1. The zero-order valence-corrected chi connectivity index (χ0v) is 17.9. The first-order valence-electron chi connectivity index (χ1n) is 11.2. The van der Waals surface area contributed by atoms with Crippen molar-refractivity contribution in [3.05, 3.63) is 17.1 Å². The minimum Gasteiger partial charge on any atom is -0.381 e. The van der Waals surface area contributed by atoms with Gasteiger partial charge in [-0.2, -0.15) is 0 Å². The number of rotatable bonds is 5. The van der Waals surface area contributed by atoms with Crippen LogP contribution in [0.3, 0.4) is 0 Å². The van der Waals surface area contributed by atoms with E-state index in [0.29, 0.717) is 5.92 Å². The van der Waals surface area contributed by atoms with Gasteiger partial charge in [0.25, 0.3) is 0 Å². The number of likely N-dealkylation sites (tertiary alicyclic amines) is 1. The number of ether oxygens (including phenoxy) is 2. The molecule has 2 fully saturated rings. The zero-order chi connectivity index (χ0) is 20.2. The monoisotopic (exact) mass is 402 g/mol. The van der Waals surface area contributed by atoms with Crippen molar-refractivity contribution in [3.8, 4) is 0 Å². The largest absolute Gasteiger partial charge is 0.381 e. The van der Waals surface area contributed by atoms with Gasteiger partial charge in [-0.3, -0.25) is 4.79 Å². The minimum absolute atomic E-state index is 0.0373. The van der Waals surface area contributed by atoms with Crippen molar-refractivity contribution >= 4 is 11.7 Å². The van der Waals surface area contributed by atoms with E-state index in [1.165, 1.54) is 5.56 Å². The van der Waals surface area contributed by atoms with Crippen LogP contribution in [-0.2, 0) is 20.7 Å². The van der Waals surface area contributed by atoms with Crippen LogP contribution in [0.1, 0.15) is 61.6 Å². The molecule has 3 aliphatic heterocycles. The molecule has 1 atom stereocenters. The third-order valence-electron chi connectivity index (χ3n) is 6.57. The first-order valence-corrected chi connectivity index (χ1v) is 11.2. The van der Waals surface area contributed by atoms with Crippen molar-refractivity contribution in [2.24, 2.45) is 5.92 Å². The van der Waals surface area contributed by atoms with Crippen molar-refractivity contribution in [3.63, 3.8) is 0 Å². The fraction of sp³-hybridized carbons (Fsp3) is 0.773. The van der Waals surface area contributed by atoms with E-state index in [9.17, 15) is 4.79 Å². The molecule has 0 N–H and O–H groups in total. The van der Waals surface area contributed by atoms with Gasteiger partial charge in [0.2, 0.25) is 5.91 Å². The Bertz CT molecular complexity index is 720. The van der Waals surface area contributed by atoms with Crippen LogP contribution in [0.2, 0.25) is 0 Å². The summed E-state index contributed by atoms with van der Waals surface area (Å²) in [7, 11) is 1.57. The fourth-order valence-electron chi connectivity index (χ4n) is 4.98. The maximum absolute atomic E-state index is 12.6. The van der Waals surface area contributed by atoms with Crippen molar-refractivity contribution in [2.75, 3.05) is 51.5 Å². The number of piperidine rings is 1. The normalized spacial score (nSPS) is 23.2. The van der Waals surface area contributed by atoms with Crippen LogP contribution in [0.4, 0.5) is 5.82 Å². The van der Waals surface area contributed by atoms with Gasteiger partial charge in [-0.15, -0.1) is 0 Å². The maximum atomic E-state index is 12.6. The molecular weight excluding hydrogens is 368 g/mol. The van der Waals surface area contributed by atoms with Crippen LogP contribution in [-0.4, -0.2) is 67.3 Å². The highest BCUT2D eigenvalue weighted by Crippen LogP contribution is 2.34. The van der Waals surface area contributed by atoms with Crippen LogP contribution in [0.25, 0.3) is 0 Å². The molecule has 0 aromatic carbocycles. The van der Waals surface area contributed by atoms with Gasteiger partial charge in [-0.05, 0) is 57.8 Å². The van der Waals surface area contributed by atoms with Gasteiger partial charge in [0, 0.05) is 51.2 Å². The molecule has 2 saturated heterocycles. The maximum Gasteiger partial charge on any atom is 0.249 e. The molecule has 4 rings (SSSR count). The van der Waals surface area contributed by atoms with Crippen molar-refractivity contribution in [1.29, 1.82) is 0 Å². The van der Waals surface area contributed by atoms with Crippen LogP contribution in [0.5, 0.6) is 0 Å². The molecule has 0 unspecified atom stereocenters. The van der Waals surface area contributed by atoms with Crippen LogP contribution >= 0.6 is 0 Å². The van der Waals surface area contributed by atoms with Crippen LogP contribution in [0.15, 0.2) is 0 Å². The van der Waals surface area contributed by atoms with Gasteiger partial charge in [0.1, 0.15) is 12.4 Å². The Hall–Kier alpha value is -1.73. The number of nitrogens with zero attached hydrogens (tertiary/aromatic N) is 4. The fourth-order valence-corrected chi connectivity index (χ4v) is 4.98. The Morgan fingerprint density at radius 3 is 2.76 bits per heavy atom. The first kappa shape index (κ1) is 20.5. The zero-order valence-electron chi connectivity index (χ0n) is 17.9. The third-order valence-corrected chi connectivity index (χ3v) is 6.57. The molecule has 0 saturated carbocycles. The number of hydrogen-bond acceptors (Lipinski definition) is 6. The summed E-state index contributed by atoms with van der Waals surface area (Å²) in [6.45, 7) is 6.83. The van der Waals surface area contributed by atoms with E-state index in [0.717, 1.165) is 95.1 Å². The molecule has 160 valence electrons. The molecule has 0 aliphatic carbocycles. The van der Waals surface area contributed by atoms with E-state index in [2.05, 4.69) is 11.8 Å². The van der Waals surface area contributed by atoms with E-state index in [1.54, 1.807) is 7.11 Å². The quantitative estimate of drug-likeness (QED) is 0.754. The molecule has 0 radical (unpaired) electrons. The second-order valence-corrected chi connectivity index (χ2v) is 8.61. The molecule has 3 aliphatic rings. The van der Waals surface area contributed by atoms with E-state index in [4.69, 9.17) is 19.4 Å². The molecule has 29 heavy (non-hydrogen) atoms. The van der Waals surface area contributed by atoms with E-state index >= 15 is 0 Å². The van der Waals surface area contributed by atoms with Gasteiger partial charge in [-0.1, -0.05) is 0 Å². The summed E-state index contributed by atoms with van der Waals surface area (Å²) in [4.78, 5) is 27.0. The molecule has 0 spiro atoms. The lowest BCUT2D eigenvalue weighted by Crippen LogP contribution is -2.42. The lowest BCUT2D eigenvalue weighted by Gasteiger charge is -2.37. The molecule has 1 aromatic heterocycles. The number of aryl methyl sites for hydroxylation is 1. The number of carbonyl (C=O) groups is 1. The second kappa shape index (κ2) is 9.39. The molecule has 4 heterocycles. The van der Waals surface area contributed by atoms with Crippen molar-refractivity contribution < 1.29 is 14.3 Å². The number of hydrogen-bond donors (Lipinski definition) is 0. The first-order chi connectivity index (χ1) is 14.2. The summed E-state index contributed by atoms with van der Waals surface area (Å²) < 4.78 is 10.6. The summed E-state index contributed by atoms with van der Waals surface area (Å²) in [5.41, 5.74) is 2.36. The Labute approximate surface area is 173 Å². The highest BCUT2D eigenvalue weighted by atomic mass is 16.5. The molecule has 1 amide bonds. The van der Waals surface area contributed by atoms with Gasteiger partial charge >= 0.3 is 0 Å². The highest BCUT2D eigenvalue weighted by Gasteiger charge is 2.32. The average Bonchev–Trinajstić information content (AvgIpc) is 2.75. The van der Waals surface area contributed by atoms with Gasteiger partial charge in [0.05, 0.1) is 6.04 Å². The summed E-state index contributed by atoms with van der Waals surface area (Å²) >= 11 is 0. The summed E-state index contributed by atoms with van der Waals surface area (Å²) in [5, 5.41) is 0. The molecular formula is C22H34N4O3. The van der Waals surface area contributed by atoms with Crippen LogP contribution in [0, 0.1) is 12.8 Å². The van der Waals surface area contributed by atoms with Crippen molar-refractivity contribution in [1.82, 2.24) is 14.9 Å². The standard InChI is InChI=1S/C22H34N4O3/c1-16-18-6-5-10-25(14-17-8-12-29-13-9-17)22(18)24-21(23-16)19-7-3-4-11-26(19)20(27)15-28-2/h17,19H,3-15H2,1-2H3/t19-/m1/s1. The average molecular weight is 403 g/mol. The lowest BCUT2D eigenvalue weighted by atomic mass is 9.96. The van der Waals surface area contributed by atoms with E-state index in [1.807, 2.05) is 4.90 Å². The van der Waals surface area contributed by atoms with Crippen molar-refractivity contribution in [2.45, 2.75) is 57.9 Å². The minimum atomic E-state index is -0.0396.